The van der Waals surface area contributed by atoms with Gasteiger partial charge in [0, 0.05) is 18.5 Å². The van der Waals surface area contributed by atoms with Crippen molar-refractivity contribution >= 4 is 0 Å². The van der Waals surface area contributed by atoms with Gasteiger partial charge in [0.1, 0.15) is 11.5 Å². The van der Waals surface area contributed by atoms with E-state index < -0.39 is 0 Å². The quantitative estimate of drug-likeness (QED) is 0.807. The summed E-state index contributed by atoms with van der Waals surface area (Å²) in [6, 6.07) is 3.99. The van der Waals surface area contributed by atoms with Gasteiger partial charge in [-0.25, -0.2) is 0 Å². The van der Waals surface area contributed by atoms with Crippen LogP contribution in [0.3, 0.4) is 0 Å². The minimum absolute atomic E-state index is 0.165. The molecule has 86 valence electrons. The summed E-state index contributed by atoms with van der Waals surface area (Å²) < 4.78 is 5.49. The largest absolute Gasteiger partial charge is 0.466 e. The fourth-order valence-corrected chi connectivity index (χ4v) is 1.32. The SMILES string of the molecule is Cc1ccc(CCN(C)C(C)(C)CO)o1. The van der Waals surface area contributed by atoms with Gasteiger partial charge in [-0.2, -0.15) is 0 Å². The van der Waals surface area contributed by atoms with E-state index in [1.165, 1.54) is 0 Å². The number of hydrogen-bond acceptors (Lipinski definition) is 3. The maximum atomic E-state index is 9.20. The Bertz CT molecular complexity index is 304. The first-order valence-electron chi connectivity index (χ1n) is 5.33. The minimum Gasteiger partial charge on any atom is -0.466 e. The highest BCUT2D eigenvalue weighted by Gasteiger charge is 2.21. The molecule has 1 aromatic rings. The highest BCUT2D eigenvalue weighted by atomic mass is 16.3. The molecule has 0 spiro atoms. The van der Waals surface area contributed by atoms with E-state index in [9.17, 15) is 5.11 Å². The average molecular weight is 211 g/mol. The van der Waals surface area contributed by atoms with E-state index in [1.807, 2.05) is 40.0 Å². The van der Waals surface area contributed by atoms with E-state index in [0.717, 1.165) is 24.5 Å². The average Bonchev–Trinajstić information content (AvgIpc) is 2.60. The van der Waals surface area contributed by atoms with Crippen molar-refractivity contribution in [1.82, 2.24) is 4.90 Å². The third-order valence-electron chi connectivity index (χ3n) is 2.91. The second kappa shape index (κ2) is 4.81. The fourth-order valence-electron chi connectivity index (χ4n) is 1.32. The van der Waals surface area contributed by atoms with Crippen LogP contribution in [0.25, 0.3) is 0 Å². The molecule has 0 fully saturated rings. The van der Waals surface area contributed by atoms with Crippen LogP contribution in [0.15, 0.2) is 16.5 Å². The standard InChI is InChI=1S/C12H21NO2/c1-10-5-6-11(15-10)7-8-13(4)12(2,3)9-14/h5-6,14H,7-9H2,1-4H3. The minimum atomic E-state index is -0.165. The van der Waals surface area contributed by atoms with Crippen molar-refractivity contribution in [3.63, 3.8) is 0 Å². The normalized spacial score (nSPS) is 12.4. The van der Waals surface area contributed by atoms with E-state index in [4.69, 9.17) is 4.42 Å². The van der Waals surface area contributed by atoms with Crippen molar-refractivity contribution in [1.29, 1.82) is 0 Å². The molecule has 1 aromatic heterocycles. The van der Waals surface area contributed by atoms with Crippen LogP contribution in [0.2, 0.25) is 0 Å². The zero-order valence-corrected chi connectivity index (χ0v) is 10.1. The highest BCUT2D eigenvalue weighted by Crippen LogP contribution is 2.13. The Morgan fingerprint density at radius 2 is 2.07 bits per heavy atom. The zero-order chi connectivity index (χ0) is 11.5. The van der Waals surface area contributed by atoms with Gasteiger partial charge in [0.05, 0.1) is 6.61 Å². The zero-order valence-electron chi connectivity index (χ0n) is 10.1. The first-order chi connectivity index (χ1) is 6.95. The van der Waals surface area contributed by atoms with Crippen molar-refractivity contribution in [2.45, 2.75) is 32.7 Å². The number of furan rings is 1. The molecule has 1 N–H and O–H groups in total. The van der Waals surface area contributed by atoms with Gasteiger partial charge in [0.15, 0.2) is 0 Å². The molecule has 15 heavy (non-hydrogen) atoms. The van der Waals surface area contributed by atoms with Crippen LogP contribution < -0.4 is 0 Å². The van der Waals surface area contributed by atoms with Gasteiger partial charge < -0.3 is 9.52 Å². The van der Waals surface area contributed by atoms with Crippen LogP contribution in [0.1, 0.15) is 25.4 Å². The van der Waals surface area contributed by atoms with E-state index in [2.05, 4.69) is 4.90 Å². The Balaban J connectivity index is 2.44. The smallest absolute Gasteiger partial charge is 0.105 e. The number of likely N-dealkylation sites (N-methyl/N-ethyl adjacent to an activating group) is 1. The maximum Gasteiger partial charge on any atom is 0.105 e. The number of rotatable bonds is 5. The van der Waals surface area contributed by atoms with Gasteiger partial charge in [-0.1, -0.05) is 0 Å². The summed E-state index contributed by atoms with van der Waals surface area (Å²) in [5.41, 5.74) is -0.165. The van der Waals surface area contributed by atoms with Crippen LogP contribution in [0.4, 0.5) is 0 Å². The van der Waals surface area contributed by atoms with Crippen molar-refractivity contribution < 1.29 is 9.52 Å². The monoisotopic (exact) mass is 211 g/mol. The molecule has 0 aliphatic carbocycles. The van der Waals surface area contributed by atoms with Gasteiger partial charge in [-0.05, 0) is 40.0 Å². The number of aliphatic hydroxyl groups is 1. The lowest BCUT2D eigenvalue weighted by Crippen LogP contribution is -2.45. The molecule has 3 heteroatoms. The second-order valence-electron chi connectivity index (χ2n) is 4.65. The van der Waals surface area contributed by atoms with Crippen LogP contribution in [-0.2, 0) is 6.42 Å². The predicted molar refractivity (Wildman–Crippen MR) is 60.9 cm³/mol. The van der Waals surface area contributed by atoms with Crippen LogP contribution >= 0.6 is 0 Å². The molecule has 1 heterocycles. The summed E-state index contributed by atoms with van der Waals surface area (Å²) in [4.78, 5) is 2.14. The molecule has 0 unspecified atom stereocenters. The number of hydrogen-bond donors (Lipinski definition) is 1. The molecule has 0 radical (unpaired) electrons. The lowest BCUT2D eigenvalue weighted by Gasteiger charge is -2.33. The summed E-state index contributed by atoms with van der Waals surface area (Å²) in [5, 5.41) is 9.20. The van der Waals surface area contributed by atoms with Crippen molar-refractivity contribution in [3.05, 3.63) is 23.7 Å². The summed E-state index contributed by atoms with van der Waals surface area (Å²) in [7, 11) is 2.02. The van der Waals surface area contributed by atoms with Crippen molar-refractivity contribution in [3.8, 4) is 0 Å². The summed E-state index contributed by atoms with van der Waals surface area (Å²) in [5.74, 6) is 1.96. The number of aryl methyl sites for hydroxylation is 1. The third kappa shape index (κ3) is 3.36. The lowest BCUT2D eigenvalue weighted by atomic mass is 10.1. The van der Waals surface area contributed by atoms with Gasteiger partial charge in [-0.3, -0.25) is 4.90 Å². The number of nitrogens with zero attached hydrogens (tertiary/aromatic N) is 1. The Morgan fingerprint density at radius 3 is 2.53 bits per heavy atom. The molecule has 0 aliphatic heterocycles. The Kier molecular flexibility index (Phi) is 3.94. The van der Waals surface area contributed by atoms with Gasteiger partial charge in [0.2, 0.25) is 0 Å². The van der Waals surface area contributed by atoms with Crippen LogP contribution in [-0.4, -0.2) is 35.7 Å². The predicted octanol–water partition coefficient (Wildman–Crippen LogP) is 1.83. The Hall–Kier alpha value is -0.800. The summed E-state index contributed by atoms with van der Waals surface area (Å²) >= 11 is 0. The summed E-state index contributed by atoms with van der Waals surface area (Å²) in [6.07, 6.45) is 0.883. The molecule has 0 atom stereocenters. The van der Waals surface area contributed by atoms with E-state index in [-0.39, 0.29) is 12.1 Å². The van der Waals surface area contributed by atoms with E-state index >= 15 is 0 Å². The molecule has 0 saturated heterocycles. The first kappa shape index (κ1) is 12.3. The molecular formula is C12H21NO2. The Labute approximate surface area is 91.7 Å². The topological polar surface area (TPSA) is 36.6 Å². The molecule has 3 nitrogen and oxygen atoms in total. The van der Waals surface area contributed by atoms with Crippen molar-refractivity contribution in [2.75, 3.05) is 20.2 Å². The van der Waals surface area contributed by atoms with Gasteiger partial charge in [0.25, 0.3) is 0 Å². The first-order valence-corrected chi connectivity index (χ1v) is 5.33. The molecular weight excluding hydrogens is 190 g/mol. The Morgan fingerprint density at radius 1 is 1.40 bits per heavy atom. The maximum absolute atomic E-state index is 9.20. The van der Waals surface area contributed by atoms with Crippen LogP contribution in [0.5, 0.6) is 0 Å². The molecule has 0 saturated carbocycles. The van der Waals surface area contributed by atoms with E-state index in [0.29, 0.717) is 0 Å². The van der Waals surface area contributed by atoms with Crippen LogP contribution in [0, 0.1) is 6.92 Å². The second-order valence-corrected chi connectivity index (χ2v) is 4.65. The molecule has 0 aliphatic rings. The van der Waals surface area contributed by atoms with Gasteiger partial charge >= 0.3 is 0 Å². The fraction of sp³-hybridized carbons (Fsp3) is 0.667. The lowest BCUT2D eigenvalue weighted by molar-refractivity contribution is 0.0789. The molecule has 0 bridgehead atoms. The molecule has 0 amide bonds. The highest BCUT2D eigenvalue weighted by molar-refractivity contribution is 5.05. The van der Waals surface area contributed by atoms with E-state index in [1.54, 1.807) is 0 Å². The number of aliphatic hydroxyl groups excluding tert-OH is 1. The van der Waals surface area contributed by atoms with Gasteiger partial charge in [-0.15, -0.1) is 0 Å². The summed E-state index contributed by atoms with van der Waals surface area (Å²) in [6.45, 7) is 7.06. The van der Waals surface area contributed by atoms with Crippen molar-refractivity contribution in [2.24, 2.45) is 0 Å². The molecule has 0 aromatic carbocycles. The molecule has 1 rings (SSSR count). The third-order valence-corrected chi connectivity index (χ3v) is 2.91.